The third-order valence-electron chi connectivity index (χ3n) is 6.07. The third kappa shape index (κ3) is 5.06. The molecule has 38 heavy (non-hydrogen) atoms. The predicted octanol–water partition coefficient (Wildman–Crippen LogP) is 5.34. The van der Waals surface area contributed by atoms with Crippen LogP contribution in [0.15, 0.2) is 64.4 Å². The molecule has 1 aliphatic rings. The maximum absolute atomic E-state index is 13.6. The molecule has 1 N–H and O–H groups in total. The summed E-state index contributed by atoms with van der Waals surface area (Å²) in [5.41, 5.74) is -6.41. The molecule has 2 heterocycles. The average molecular weight is 563 g/mol. The van der Waals surface area contributed by atoms with Gasteiger partial charge in [0.2, 0.25) is 11.8 Å². The molecule has 4 rings (SSSR count). The SMILES string of the molecule is C=CCc1nnc(C[C@@H]2CCc3cc(C(O)(C(F)(F)F)C(F)(F)F)ccc3N2S(=O)c2ccc(F)cc2)o1. The Balaban J connectivity index is 1.78. The van der Waals surface area contributed by atoms with Crippen molar-refractivity contribution < 1.29 is 44.5 Å². The summed E-state index contributed by atoms with van der Waals surface area (Å²) in [6, 6.07) is 6.11. The smallest absolute Gasteiger partial charge is 0.425 e. The number of aryl methyl sites for hydroxylation is 1. The van der Waals surface area contributed by atoms with Crippen LogP contribution in [0.25, 0.3) is 0 Å². The first-order valence-corrected chi connectivity index (χ1v) is 12.2. The lowest BCUT2D eigenvalue weighted by atomic mass is 9.87. The van der Waals surface area contributed by atoms with Gasteiger partial charge in [-0.05, 0) is 48.7 Å². The Kier molecular flexibility index (Phi) is 7.40. The molecule has 2 aromatic carbocycles. The van der Waals surface area contributed by atoms with Gasteiger partial charge in [-0.3, -0.25) is 4.31 Å². The Morgan fingerprint density at radius 1 is 1.05 bits per heavy atom. The van der Waals surface area contributed by atoms with Crippen LogP contribution in [-0.2, 0) is 35.8 Å². The van der Waals surface area contributed by atoms with Crippen molar-refractivity contribution in [2.24, 2.45) is 0 Å². The Morgan fingerprint density at radius 3 is 2.29 bits per heavy atom. The second-order valence-electron chi connectivity index (χ2n) is 8.56. The summed E-state index contributed by atoms with van der Waals surface area (Å²) in [6.45, 7) is 3.57. The van der Waals surface area contributed by atoms with Gasteiger partial charge in [-0.1, -0.05) is 18.2 Å². The summed E-state index contributed by atoms with van der Waals surface area (Å²) in [6.07, 6.45) is -10.0. The molecule has 0 fully saturated rings. The molecule has 0 aliphatic carbocycles. The largest absolute Gasteiger partial charge is 0.430 e. The van der Waals surface area contributed by atoms with Crippen molar-refractivity contribution in [1.29, 1.82) is 0 Å². The van der Waals surface area contributed by atoms with Gasteiger partial charge in [-0.25, -0.2) is 8.60 Å². The molecule has 0 saturated heterocycles. The van der Waals surface area contributed by atoms with Crippen molar-refractivity contribution in [3.63, 3.8) is 0 Å². The van der Waals surface area contributed by atoms with Gasteiger partial charge in [-0.2, -0.15) is 26.3 Å². The highest BCUT2D eigenvalue weighted by molar-refractivity contribution is 7.86. The van der Waals surface area contributed by atoms with Gasteiger partial charge in [-0.15, -0.1) is 16.8 Å². The fourth-order valence-corrected chi connectivity index (χ4v) is 5.61. The maximum Gasteiger partial charge on any atom is 0.430 e. The number of halogens is 7. The zero-order valence-corrected chi connectivity index (χ0v) is 20.2. The number of aliphatic hydroxyl groups is 1. The highest BCUT2D eigenvalue weighted by atomic mass is 32.2. The van der Waals surface area contributed by atoms with E-state index in [9.17, 15) is 40.0 Å². The molecule has 14 heteroatoms. The van der Waals surface area contributed by atoms with E-state index in [4.69, 9.17) is 4.42 Å². The second-order valence-corrected chi connectivity index (χ2v) is 9.92. The Morgan fingerprint density at radius 2 is 1.68 bits per heavy atom. The van der Waals surface area contributed by atoms with E-state index in [1.165, 1.54) is 16.4 Å². The van der Waals surface area contributed by atoms with Crippen LogP contribution >= 0.6 is 0 Å². The van der Waals surface area contributed by atoms with Crippen molar-refractivity contribution in [2.45, 2.75) is 54.6 Å². The van der Waals surface area contributed by atoms with Crippen LogP contribution in [0.2, 0.25) is 0 Å². The normalized spacial score (nSPS) is 17.3. The molecule has 6 nitrogen and oxygen atoms in total. The fourth-order valence-electron chi connectivity index (χ4n) is 4.20. The first-order chi connectivity index (χ1) is 17.8. The molecular formula is C24H20F7N3O3S. The van der Waals surface area contributed by atoms with Gasteiger partial charge < -0.3 is 9.52 Å². The number of fused-ring (bicyclic) bond motifs is 1. The van der Waals surface area contributed by atoms with E-state index in [1.807, 2.05) is 0 Å². The number of anilines is 1. The minimum absolute atomic E-state index is 0.00437. The molecule has 3 aromatic rings. The second kappa shape index (κ2) is 10.1. The van der Waals surface area contributed by atoms with Crippen molar-refractivity contribution in [1.82, 2.24) is 10.2 Å². The van der Waals surface area contributed by atoms with E-state index in [-0.39, 0.29) is 47.2 Å². The number of rotatable bonds is 7. The molecule has 1 aliphatic heterocycles. The standard InChI is InChI=1S/C24H20F7N3O3S/c1-2-3-20-32-33-21(37-20)13-17-8-4-14-12-15(22(35,23(26,27)28)24(29,30)31)5-11-19(14)34(17)38(36)18-9-6-16(25)7-10-18/h2,5-7,9-12,17,35H,1,3-4,8,13H2/t17-,38?/m0/s1. The van der Waals surface area contributed by atoms with Crippen molar-refractivity contribution in [3.8, 4) is 0 Å². The van der Waals surface area contributed by atoms with Gasteiger partial charge >= 0.3 is 12.4 Å². The zero-order valence-electron chi connectivity index (χ0n) is 19.4. The van der Waals surface area contributed by atoms with Crippen molar-refractivity contribution in [3.05, 3.63) is 83.8 Å². The number of nitrogens with zero attached hydrogens (tertiary/aromatic N) is 3. The predicted molar refractivity (Wildman–Crippen MR) is 122 cm³/mol. The zero-order chi connectivity index (χ0) is 27.9. The minimum atomic E-state index is -6.05. The van der Waals surface area contributed by atoms with Crippen LogP contribution < -0.4 is 4.31 Å². The van der Waals surface area contributed by atoms with Gasteiger partial charge in [0.05, 0.1) is 16.6 Å². The van der Waals surface area contributed by atoms with E-state index in [1.54, 1.807) is 6.08 Å². The van der Waals surface area contributed by atoms with E-state index >= 15 is 0 Å². The highest BCUT2D eigenvalue weighted by Gasteiger charge is 2.71. The van der Waals surface area contributed by atoms with Gasteiger partial charge in [0.15, 0.2) is 11.0 Å². The third-order valence-corrected chi connectivity index (χ3v) is 7.59. The van der Waals surface area contributed by atoms with Crippen molar-refractivity contribution in [2.75, 3.05) is 4.31 Å². The molecule has 0 saturated carbocycles. The lowest BCUT2D eigenvalue weighted by Crippen LogP contribution is -2.54. The Labute approximate surface area is 214 Å². The van der Waals surface area contributed by atoms with Crippen LogP contribution in [0, 0.1) is 5.82 Å². The molecule has 0 radical (unpaired) electrons. The summed E-state index contributed by atoms with van der Waals surface area (Å²) >= 11 is 0. The minimum Gasteiger partial charge on any atom is -0.425 e. The lowest BCUT2D eigenvalue weighted by molar-refractivity contribution is -0.376. The van der Waals surface area contributed by atoms with Gasteiger partial charge in [0, 0.05) is 18.4 Å². The quantitative estimate of drug-likeness (QED) is 0.310. The van der Waals surface area contributed by atoms with Gasteiger partial charge in [0.1, 0.15) is 5.82 Å². The van der Waals surface area contributed by atoms with Gasteiger partial charge in [0.25, 0.3) is 5.60 Å². The summed E-state index contributed by atoms with van der Waals surface area (Å²) in [7, 11) is -2.05. The first kappa shape index (κ1) is 27.8. The van der Waals surface area contributed by atoms with Crippen LogP contribution in [-0.4, -0.2) is 37.9 Å². The topological polar surface area (TPSA) is 79.5 Å². The van der Waals surface area contributed by atoms with Crippen LogP contribution in [0.1, 0.15) is 29.3 Å². The molecule has 0 bridgehead atoms. The molecule has 204 valence electrons. The Hall–Kier alpha value is -3.26. The number of benzene rings is 2. The molecular weight excluding hydrogens is 543 g/mol. The Bertz CT molecular complexity index is 1330. The number of aromatic nitrogens is 2. The monoisotopic (exact) mass is 563 g/mol. The number of hydrogen-bond donors (Lipinski definition) is 1. The molecule has 2 atom stereocenters. The number of alkyl halides is 6. The lowest BCUT2D eigenvalue weighted by Gasteiger charge is -2.38. The molecule has 0 amide bonds. The maximum atomic E-state index is 13.6. The van der Waals surface area contributed by atoms with E-state index in [2.05, 4.69) is 16.8 Å². The molecule has 1 aromatic heterocycles. The molecule has 1 unspecified atom stereocenters. The van der Waals surface area contributed by atoms with Crippen LogP contribution in [0.5, 0.6) is 0 Å². The summed E-state index contributed by atoms with van der Waals surface area (Å²) in [5.74, 6) is -0.137. The fraction of sp³-hybridized carbons (Fsp3) is 0.333. The average Bonchev–Trinajstić information content (AvgIpc) is 3.28. The summed E-state index contributed by atoms with van der Waals surface area (Å²) in [4.78, 5) is 0.147. The number of hydrogen-bond acceptors (Lipinski definition) is 5. The summed E-state index contributed by atoms with van der Waals surface area (Å²) < 4.78 is 115. The van der Waals surface area contributed by atoms with E-state index in [0.29, 0.717) is 18.6 Å². The van der Waals surface area contributed by atoms with E-state index in [0.717, 1.165) is 18.2 Å². The highest BCUT2D eigenvalue weighted by Crippen LogP contribution is 2.51. The first-order valence-electron chi connectivity index (χ1n) is 11.1. The van der Waals surface area contributed by atoms with E-state index < -0.39 is 46.4 Å². The van der Waals surface area contributed by atoms with Crippen LogP contribution in [0.4, 0.5) is 36.4 Å². The molecule has 0 spiro atoms. The number of allylic oxidation sites excluding steroid dienone is 1. The van der Waals surface area contributed by atoms with Crippen molar-refractivity contribution >= 4 is 16.7 Å². The summed E-state index contributed by atoms with van der Waals surface area (Å²) in [5, 5.41) is 17.6. The van der Waals surface area contributed by atoms with Crippen LogP contribution in [0.3, 0.4) is 0 Å².